The van der Waals surface area contributed by atoms with Gasteiger partial charge in [0.2, 0.25) is 0 Å². The van der Waals surface area contributed by atoms with Crippen molar-refractivity contribution < 1.29 is 19.3 Å². The summed E-state index contributed by atoms with van der Waals surface area (Å²) in [5, 5.41) is 9.79. The second kappa shape index (κ2) is 6.70. The molecule has 104 valence electrons. The maximum Gasteiger partial charge on any atom is 0.118 e. The predicted octanol–water partition coefficient (Wildman–Crippen LogP) is 1.92. The molecule has 3 atom stereocenters. The normalized spacial score (nSPS) is 26.3. The van der Waals surface area contributed by atoms with E-state index in [0.29, 0.717) is 19.6 Å². The Morgan fingerprint density at radius 1 is 1.42 bits per heavy atom. The quantitative estimate of drug-likeness (QED) is 0.797. The highest BCUT2D eigenvalue weighted by Crippen LogP contribution is 2.21. The van der Waals surface area contributed by atoms with Gasteiger partial charge in [0.05, 0.1) is 32.5 Å². The third-order valence-corrected chi connectivity index (χ3v) is 3.23. The second-order valence-electron chi connectivity index (χ2n) is 4.61. The zero-order valence-corrected chi connectivity index (χ0v) is 11.1. The summed E-state index contributed by atoms with van der Waals surface area (Å²) in [6.07, 6.45) is 1.51. The van der Waals surface area contributed by atoms with Gasteiger partial charge in [-0.3, -0.25) is 0 Å². The first-order valence-electron chi connectivity index (χ1n) is 6.39. The van der Waals surface area contributed by atoms with Gasteiger partial charge in [0.15, 0.2) is 0 Å². The van der Waals surface area contributed by atoms with Crippen LogP contribution in [0, 0.1) is 0 Å². The number of ether oxygens (including phenoxy) is 3. The third kappa shape index (κ3) is 3.80. The van der Waals surface area contributed by atoms with Crippen molar-refractivity contribution in [1.82, 2.24) is 0 Å². The second-order valence-corrected chi connectivity index (χ2v) is 4.61. The van der Waals surface area contributed by atoms with Gasteiger partial charge in [-0.15, -0.1) is 6.58 Å². The summed E-state index contributed by atoms with van der Waals surface area (Å²) < 4.78 is 16.3. The van der Waals surface area contributed by atoms with E-state index in [-0.39, 0.29) is 12.2 Å². The molecule has 0 unspecified atom stereocenters. The zero-order chi connectivity index (χ0) is 13.7. The van der Waals surface area contributed by atoms with Crippen LogP contribution in [0.4, 0.5) is 0 Å². The molecule has 0 bridgehead atoms. The smallest absolute Gasteiger partial charge is 0.118 e. The first-order chi connectivity index (χ1) is 9.22. The molecule has 0 aromatic heterocycles. The fraction of sp³-hybridized carbons (Fsp3) is 0.467. The van der Waals surface area contributed by atoms with E-state index in [1.54, 1.807) is 13.2 Å². The molecular weight excluding hydrogens is 244 g/mol. The number of benzene rings is 1. The summed E-state index contributed by atoms with van der Waals surface area (Å²) in [4.78, 5) is 0. The van der Waals surface area contributed by atoms with E-state index in [9.17, 15) is 5.11 Å². The van der Waals surface area contributed by atoms with Crippen LogP contribution in [0.5, 0.6) is 5.75 Å². The van der Waals surface area contributed by atoms with Crippen molar-refractivity contribution in [2.45, 2.75) is 31.3 Å². The van der Waals surface area contributed by atoms with E-state index in [4.69, 9.17) is 14.2 Å². The Bertz CT molecular complexity index is 401. The van der Waals surface area contributed by atoms with Crippen LogP contribution in [0.2, 0.25) is 0 Å². The number of aliphatic hydroxyl groups is 1. The Hall–Kier alpha value is -1.36. The van der Waals surface area contributed by atoms with Crippen molar-refractivity contribution in [2.24, 2.45) is 0 Å². The van der Waals surface area contributed by atoms with Crippen LogP contribution < -0.4 is 4.74 Å². The van der Waals surface area contributed by atoms with E-state index in [0.717, 1.165) is 11.3 Å². The fourth-order valence-corrected chi connectivity index (χ4v) is 2.08. The van der Waals surface area contributed by atoms with Gasteiger partial charge in [0.25, 0.3) is 0 Å². The molecule has 1 aliphatic heterocycles. The molecule has 1 saturated heterocycles. The van der Waals surface area contributed by atoms with Gasteiger partial charge in [-0.05, 0) is 17.7 Å². The summed E-state index contributed by atoms with van der Waals surface area (Å²) in [5.74, 6) is 0.826. The molecule has 0 radical (unpaired) electrons. The molecule has 4 heteroatoms. The molecule has 1 N–H and O–H groups in total. The van der Waals surface area contributed by atoms with Crippen LogP contribution in [-0.2, 0) is 16.1 Å². The molecule has 0 amide bonds. The van der Waals surface area contributed by atoms with Crippen LogP contribution >= 0.6 is 0 Å². The lowest BCUT2D eigenvalue weighted by molar-refractivity contribution is -0.0398. The van der Waals surface area contributed by atoms with E-state index in [1.165, 1.54) is 0 Å². The molecule has 0 saturated carbocycles. The lowest BCUT2D eigenvalue weighted by Crippen LogP contribution is -2.26. The first-order valence-corrected chi connectivity index (χ1v) is 6.39. The Labute approximate surface area is 113 Å². The van der Waals surface area contributed by atoms with E-state index < -0.39 is 6.10 Å². The molecule has 2 rings (SSSR count). The lowest BCUT2D eigenvalue weighted by Gasteiger charge is -2.14. The monoisotopic (exact) mass is 264 g/mol. The molecule has 1 heterocycles. The molecule has 0 aliphatic carbocycles. The van der Waals surface area contributed by atoms with E-state index in [2.05, 4.69) is 6.58 Å². The number of aliphatic hydroxyl groups excluding tert-OH is 1. The minimum Gasteiger partial charge on any atom is -0.497 e. The van der Waals surface area contributed by atoms with Gasteiger partial charge in [-0.1, -0.05) is 18.2 Å². The highest BCUT2D eigenvalue weighted by Gasteiger charge is 2.32. The molecule has 1 fully saturated rings. The Morgan fingerprint density at radius 3 is 2.74 bits per heavy atom. The van der Waals surface area contributed by atoms with Gasteiger partial charge >= 0.3 is 0 Å². The maximum atomic E-state index is 9.79. The Balaban J connectivity index is 1.75. The molecular formula is C15H20O4. The highest BCUT2D eigenvalue weighted by atomic mass is 16.6. The number of hydrogen-bond acceptors (Lipinski definition) is 4. The Morgan fingerprint density at radius 2 is 2.16 bits per heavy atom. The minimum atomic E-state index is -0.473. The van der Waals surface area contributed by atoms with Crippen molar-refractivity contribution >= 4 is 0 Å². The zero-order valence-electron chi connectivity index (χ0n) is 11.1. The summed E-state index contributed by atoms with van der Waals surface area (Å²) in [7, 11) is 1.64. The molecule has 0 spiro atoms. The van der Waals surface area contributed by atoms with Crippen LogP contribution in [0.3, 0.4) is 0 Å². The van der Waals surface area contributed by atoms with Gasteiger partial charge in [0.1, 0.15) is 11.9 Å². The van der Waals surface area contributed by atoms with Crippen LogP contribution in [0.25, 0.3) is 0 Å². The molecule has 19 heavy (non-hydrogen) atoms. The highest BCUT2D eigenvalue weighted by molar-refractivity contribution is 5.26. The van der Waals surface area contributed by atoms with Crippen molar-refractivity contribution in [1.29, 1.82) is 0 Å². The molecule has 1 aromatic rings. The summed E-state index contributed by atoms with van der Waals surface area (Å²) >= 11 is 0. The minimum absolute atomic E-state index is 0.0652. The standard InChI is InChI=1S/C15H20O4/c1-3-12-8-14(16)15(19-12)10-18-9-11-4-6-13(17-2)7-5-11/h3-7,12,14-16H,1,8-10H2,2H3/t12-,14-,15-/m0/s1. The van der Waals surface area contributed by atoms with Gasteiger partial charge in [0, 0.05) is 6.42 Å². The molecule has 4 nitrogen and oxygen atoms in total. The predicted molar refractivity (Wildman–Crippen MR) is 72.1 cm³/mol. The number of rotatable bonds is 6. The van der Waals surface area contributed by atoms with Crippen LogP contribution in [0.15, 0.2) is 36.9 Å². The average Bonchev–Trinajstić information content (AvgIpc) is 2.80. The Kier molecular flexibility index (Phi) is 4.96. The van der Waals surface area contributed by atoms with E-state index >= 15 is 0 Å². The first kappa shape index (κ1) is 14.1. The summed E-state index contributed by atoms with van der Waals surface area (Å²) in [5.41, 5.74) is 1.06. The maximum absolute atomic E-state index is 9.79. The summed E-state index contributed by atoms with van der Waals surface area (Å²) in [6.45, 7) is 4.55. The van der Waals surface area contributed by atoms with Gasteiger partial charge in [-0.25, -0.2) is 0 Å². The third-order valence-electron chi connectivity index (χ3n) is 3.23. The van der Waals surface area contributed by atoms with Crippen molar-refractivity contribution in [3.8, 4) is 5.75 Å². The molecule has 1 aromatic carbocycles. The summed E-state index contributed by atoms with van der Waals surface area (Å²) in [6, 6.07) is 7.70. The topological polar surface area (TPSA) is 47.9 Å². The van der Waals surface area contributed by atoms with E-state index in [1.807, 2.05) is 24.3 Å². The SMILES string of the molecule is C=C[C@H]1C[C@H](O)[C@H](COCc2ccc(OC)cc2)O1. The molecule has 1 aliphatic rings. The van der Waals surface area contributed by atoms with Crippen molar-refractivity contribution in [3.05, 3.63) is 42.5 Å². The number of hydrogen-bond donors (Lipinski definition) is 1. The average molecular weight is 264 g/mol. The van der Waals surface area contributed by atoms with Crippen molar-refractivity contribution in [3.63, 3.8) is 0 Å². The van der Waals surface area contributed by atoms with Crippen molar-refractivity contribution in [2.75, 3.05) is 13.7 Å². The van der Waals surface area contributed by atoms with Crippen LogP contribution in [0.1, 0.15) is 12.0 Å². The van der Waals surface area contributed by atoms with Gasteiger partial charge < -0.3 is 19.3 Å². The van der Waals surface area contributed by atoms with Crippen LogP contribution in [-0.4, -0.2) is 37.1 Å². The lowest BCUT2D eigenvalue weighted by atomic mass is 10.1. The fourth-order valence-electron chi connectivity index (χ4n) is 2.08. The largest absolute Gasteiger partial charge is 0.497 e. The van der Waals surface area contributed by atoms with Gasteiger partial charge in [-0.2, -0.15) is 0 Å². The number of methoxy groups -OCH3 is 1.